The number of carbonyl (C=O) groups excluding carboxylic acids is 3. The van der Waals surface area contributed by atoms with E-state index in [1.165, 1.54) is 13.0 Å². The van der Waals surface area contributed by atoms with Crippen molar-refractivity contribution >= 4 is 47.2 Å². The summed E-state index contributed by atoms with van der Waals surface area (Å²) in [5, 5.41) is -0.777. The maximum absolute atomic E-state index is 13.6. The van der Waals surface area contributed by atoms with Gasteiger partial charge in [-0.1, -0.05) is 48.5 Å². The average molecular weight is 616 g/mol. The van der Waals surface area contributed by atoms with E-state index in [-0.39, 0.29) is 0 Å². The third-order valence-electron chi connectivity index (χ3n) is 9.31. The Morgan fingerprint density at radius 2 is 1.55 bits per heavy atom. The third-order valence-corrected chi connectivity index (χ3v) is 10.4. The van der Waals surface area contributed by atoms with E-state index in [1.54, 1.807) is 36.4 Å². The van der Waals surface area contributed by atoms with Crippen LogP contribution in [0.25, 0.3) is 6.08 Å². The summed E-state index contributed by atoms with van der Waals surface area (Å²) in [4.78, 5) is 38.4. The van der Waals surface area contributed by atoms with E-state index in [4.69, 9.17) is 42.1 Å². The van der Waals surface area contributed by atoms with Crippen LogP contribution < -0.4 is 0 Å². The van der Waals surface area contributed by atoms with Gasteiger partial charge >= 0.3 is 17.9 Å². The van der Waals surface area contributed by atoms with Gasteiger partial charge in [-0.25, -0.2) is 9.59 Å². The summed E-state index contributed by atoms with van der Waals surface area (Å²) in [6.07, 6.45) is 0.803. The number of rotatable bonds is 6. The lowest BCUT2D eigenvalue weighted by Crippen LogP contribution is -2.79. The number of hydrogen-bond acceptors (Lipinski definition) is 7. The molecule has 224 valence electrons. The van der Waals surface area contributed by atoms with E-state index in [1.807, 2.05) is 58.0 Å². The number of carbonyl (C=O) groups is 3. The molecule has 5 rings (SSSR count). The van der Waals surface area contributed by atoms with Crippen molar-refractivity contribution in [1.82, 2.24) is 0 Å². The van der Waals surface area contributed by atoms with Crippen LogP contribution in [0.2, 0.25) is 0 Å². The smallest absolute Gasteiger partial charge is 0.338 e. The van der Waals surface area contributed by atoms with Crippen LogP contribution >= 0.6 is 23.2 Å². The molecule has 2 aliphatic carbocycles. The molecule has 2 saturated carbocycles. The van der Waals surface area contributed by atoms with Crippen molar-refractivity contribution in [3.8, 4) is 0 Å². The molecule has 7 nitrogen and oxygen atoms in total. The van der Waals surface area contributed by atoms with Crippen molar-refractivity contribution in [2.24, 2.45) is 11.3 Å². The number of esters is 3. The maximum atomic E-state index is 13.6. The maximum Gasteiger partial charge on any atom is 0.338 e. The van der Waals surface area contributed by atoms with Crippen molar-refractivity contribution in [2.75, 3.05) is 0 Å². The summed E-state index contributed by atoms with van der Waals surface area (Å²) in [6, 6.07) is 17.9. The molecule has 0 aromatic heterocycles. The molecule has 3 aliphatic rings. The van der Waals surface area contributed by atoms with Crippen LogP contribution in [0.1, 0.15) is 63.4 Å². The summed E-state index contributed by atoms with van der Waals surface area (Å²) in [7, 11) is 0. The molecule has 1 heterocycles. The molecule has 0 N–H and O–H groups in total. The van der Waals surface area contributed by atoms with E-state index in [0.29, 0.717) is 18.4 Å². The first kappa shape index (κ1) is 30.6. The molecule has 1 aliphatic heterocycles. The average Bonchev–Trinajstić information content (AvgIpc) is 3.13. The lowest BCUT2D eigenvalue weighted by molar-refractivity contribution is -0.262. The van der Waals surface area contributed by atoms with Crippen LogP contribution in [-0.2, 0) is 28.5 Å². The fourth-order valence-corrected chi connectivity index (χ4v) is 8.98. The highest BCUT2D eigenvalue weighted by Gasteiger charge is 2.84. The minimum absolute atomic E-state index is 0.318. The number of fused-ring (bicyclic) bond motifs is 1. The fourth-order valence-electron chi connectivity index (χ4n) is 7.49. The first-order valence-electron chi connectivity index (χ1n) is 14.1. The standard InChI is InChI=1S/C33H36Cl2O7/c1-20(36)39-23-18-19-31(4,35)33-27(34)25(30(2,3)42-33)26(40-24(37)17-16-21-12-8-6-9-13-21)28(32(23,33)5)41-29(38)22-14-10-7-11-15-22/h6-17,23,25-28H,18-19H2,1-5H3/b17-16+/t23-,25+,26-,27+,28-,31-,32-,33-/m0/s1. The largest absolute Gasteiger partial charge is 0.462 e. The number of alkyl halides is 2. The lowest BCUT2D eigenvalue weighted by atomic mass is 9.49. The number of hydrogen-bond donors (Lipinski definition) is 0. The first-order valence-corrected chi connectivity index (χ1v) is 15.0. The minimum atomic E-state index is -1.32. The molecule has 0 radical (unpaired) electrons. The Bertz CT molecular complexity index is 1380. The zero-order valence-electron chi connectivity index (χ0n) is 24.3. The normalized spacial score (nSPS) is 36.6. The van der Waals surface area contributed by atoms with Crippen LogP contribution in [0.4, 0.5) is 0 Å². The van der Waals surface area contributed by atoms with E-state index >= 15 is 0 Å². The second-order valence-corrected chi connectivity index (χ2v) is 13.6. The Morgan fingerprint density at radius 1 is 0.929 bits per heavy atom. The molecule has 0 amide bonds. The van der Waals surface area contributed by atoms with Gasteiger partial charge in [-0.2, -0.15) is 0 Å². The predicted molar refractivity (Wildman–Crippen MR) is 159 cm³/mol. The van der Waals surface area contributed by atoms with Crippen molar-refractivity contribution in [2.45, 2.75) is 87.2 Å². The molecular formula is C33H36Cl2O7. The topological polar surface area (TPSA) is 88.1 Å². The van der Waals surface area contributed by atoms with Gasteiger partial charge in [-0.15, -0.1) is 23.2 Å². The van der Waals surface area contributed by atoms with Crippen molar-refractivity contribution in [1.29, 1.82) is 0 Å². The highest BCUT2D eigenvalue weighted by molar-refractivity contribution is 6.28. The fraction of sp³-hybridized carbons (Fsp3) is 0.485. The Hall–Kier alpha value is -2.87. The summed E-state index contributed by atoms with van der Waals surface area (Å²) >= 11 is 14.7. The monoisotopic (exact) mass is 614 g/mol. The van der Waals surface area contributed by atoms with E-state index in [9.17, 15) is 14.4 Å². The molecule has 1 saturated heterocycles. The van der Waals surface area contributed by atoms with Gasteiger partial charge in [0.25, 0.3) is 0 Å². The van der Waals surface area contributed by atoms with Gasteiger partial charge in [0.1, 0.15) is 17.8 Å². The summed E-state index contributed by atoms with van der Waals surface area (Å²) in [5.74, 6) is -2.39. The highest BCUT2D eigenvalue weighted by atomic mass is 35.5. The van der Waals surface area contributed by atoms with Crippen LogP contribution in [-0.4, -0.2) is 57.7 Å². The summed E-state index contributed by atoms with van der Waals surface area (Å²) < 4.78 is 25.3. The van der Waals surface area contributed by atoms with Crippen LogP contribution in [0.3, 0.4) is 0 Å². The van der Waals surface area contributed by atoms with Gasteiger partial charge in [0.05, 0.1) is 26.8 Å². The number of halogens is 2. The third kappa shape index (κ3) is 4.83. The van der Waals surface area contributed by atoms with Gasteiger partial charge in [0.15, 0.2) is 6.10 Å². The Kier molecular flexibility index (Phi) is 8.01. The Balaban J connectivity index is 1.65. The van der Waals surface area contributed by atoms with Gasteiger partial charge in [-0.05, 0) is 64.3 Å². The first-order chi connectivity index (χ1) is 19.7. The molecule has 2 bridgehead atoms. The van der Waals surface area contributed by atoms with Crippen LogP contribution in [0.5, 0.6) is 0 Å². The molecule has 8 atom stereocenters. The number of benzene rings is 2. The molecule has 2 aromatic carbocycles. The Labute approximate surface area is 256 Å². The molecule has 0 unspecified atom stereocenters. The zero-order chi connectivity index (χ0) is 30.5. The van der Waals surface area contributed by atoms with Crippen molar-refractivity contribution in [3.05, 3.63) is 77.9 Å². The predicted octanol–water partition coefficient (Wildman–Crippen LogP) is 6.35. The summed E-state index contributed by atoms with van der Waals surface area (Å²) in [6.45, 7) is 8.73. The Morgan fingerprint density at radius 3 is 2.17 bits per heavy atom. The quantitative estimate of drug-likeness (QED) is 0.162. The number of ether oxygens (including phenoxy) is 4. The molecule has 1 spiro atoms. The van der Waals surface area contributed by atoms with Crippen molar-refractivity contribution in [3.63, 3.8) is 0 Å². The molecule has 3 fully saturated rings. The molecule has 2 aromatic rings. The highest BCUT2D eigenvalue weighted by Crippen LogP contribution is 2.71. The van der Waals surface area contributed by atoms with E-state index < -0.39 is 69.0 Å². The SMILES string of the molecule is CC(=O)O[C@H]1CC[C@](C)(Cl)[C@]23OC(C)(C)[C@H]([C@H](OC(=O)/C=C/c4ccccc4)[C@H](OC(=O)c4ccccc4)[C@]12C)[C@H]3Cl. The second kappa shape index (κ2) is 11.0. The molecular weight excluding hydrogens is 579 g/mol. The molecule has 42 heavy (non-hydrogen) atoms. The zero-order valence-corrected chi connectivity index (χ0v) is 25.9. The molecule has 9 heteroatoms. The summed E-state index contributed by atoms with van der Waals surface area (Å²) in [5.41, 5.74) is -2.44. The van der Waals surface area contributed by atoms with Crippen molar-refractivity contribution < 1.29 is 33.3 Å². The van der Waals surface area contributed by atoms with Gasteiger partial charge in [-0.3, -0.25) is 4.79 Å². The van der Waals surface area contributed by atoms with Crippen LogP contribution in [0.15, 0.2) is 66.7 Å². The van der Waals surface area contributed by atoms with E-state index in [0.717, 1.165) is 5.56 Å². The van der Waals surface area contributed by atoms with Gasteiger partial charge < -0.3 is 18.9 Å². The second-order valence-electron chi connectivity index (χ2n) is 12.3. The van der Waals surface area contributed by atoms with Gasteiger partial charge in [0, 0.05) is 18.9 Å². The van der Waals surface area contributed by atoms with Gasteiger partial charge in [0.2, 0.25) is 0 Å². The van der Waals surface area contributed by atoms with E-state index in [2.05, 4.69) is 0 Å². The van der Waals surface area contributed by atoms with Crippen LogP contribution in [0, 0.1) is 11.3 Å². The minimum Gasteiger partial charge on any atom is -0.462 e. The lowest BCUT2D eigenvalue weighted by Gasteiger charge is -2.64.